The van der Waals surface area contributed by atoms with E-state index in [0.29, 0.717) is 6.42 Å². The van der Waals surface area contributed by atoms with Crippen LogP contribution in [0.3, 0.4) is 0 Å². The van der Waals surface area contributed by atoms with Crippen LogP contribution < -0.4 is 29.6 Å². The molecule has 5 nitrogen and oxygen atoms in total. The zero-order chi connectivity index (χ0) is 19.5. The van der Waals surface area contributed by atoms with Crippen molar-refractivity contribution < 1.29 is 52.1 Å². The molecule has 0 unspecified atom stereocenters. The molecule has 1 N–H and O–H groups in total. The summed E-state index contributed by atoms with van der Waals surface area (Å²) in [5.41, 5.74) is 0. The number of rotatable bonds is 18. The molecule has 0 radical (unpaired) electrons. The predicted molar refractivity (Wildman–Crippen MR) is 107 cm³/mol. The number of hydrogen-bond donors (Lipinski definition) is 1. The first-order chi connectivity index (χ1) is 12.5. The van der Waals surface area contributed by atoms with Gasteiger partial charge in [-0.25, -0.2) is 0 Å². The second kappa shape index (κ2) is 20.8. The van der Waals surface area contributed by atoms with Crippen molar-refractivity contribution in [3.8, 4) is 0 Å². The van der Waals surface area contributed by atoms with Gasteiger partial charge in [-0.15, -0.1) is 0 Å². The van der Waals surface area contributed by atoms with E-state index in [9.17, 15) is 13.2 Å². The number of allylic oxidation sites excluding steroid dienone is 2. The van der Waals surface area contributed by atoms with Gasteiger partial charge in [0.05, 0.1) is 0 Å². The maximum Gasteiger partial charge on any atom is 1.00 e. The van der Waals surface area contributed by atoms with Crippen LogP contribution in [-0.2, 0) is 19.6 Å². The molecule has 0 aliphatic carbocycles. The van der Waals surface area contributed by atoms with E-state index < -0.39 is 21.8 Å². The van der Waals surface area contributed by atoms with Gasteiger partial charge >= 0.3 is 35.5 Å². The Balaban J connectivity index is 0. The van der Waals surface area contributed by atoms with E-state index in [0.717, 1.165) is 25.7 Å². The van der Waals surface area contributed by atoms with E-state index in [2.05, 4.69) is 19.1 Å². The molecule has 7 heteroatoms. The van der Waals surface area contributed by atoms with Gasteiger partial charge in [-0.05, 0) is 32.1 Å². The van der Waals surface area contributed by atoms with Crippen molar-refractivity contribution in [2.24, 2.45) is 0 Å². The second-order valence-electron chi connectivity index (χ2n) is 6.84. The monoisotopic (exact) mass is 413 g/mol. The Morgan fingerprint density at radius 1 is 0.852 bits per heavy atom. The number of carbonyl (C=O) groups excluding carboxylic acids is 1. The fourth-order valence-electron chi connectivity index (χ4n) is 2.67. The van der Waals surface area contributed by atoms with Crippen molar-refractivity contribution in [3.05, 3.63) is 12.2 Å². The van der Waals surface area contributed by atoms with Crippen molar-refractivity contribution in [1.29, 1.82) is 0 Å². The molecule has 0 amide bonds. The van der Waals surface area contributed by atoms with E-state index in [-0.39, 0.29) is 36.2 Å². The van der Waals surface area contributed by atoms with Gasteiger partial charge in [0.15, 0.2) is 0 Å². The minimum Gasteiger partial charge on any atom is -0.464 e. The number of unbranched alkanes of at least 4 members (excludes halogenated alkanes) is 11. The Hall–Kier alpha value is 0.120. The molecule has 0 aromatic heterocycles. The van der Waals surface area contributed by atoms with E-state index in [1.807, 2.05) is 0 Å². The van der Waals surface area contributed by atoms with E-state index >= 15 is 0 Å². The normalized spacial score (nSPS) is 11.5. The summed E-state index contributed by atoms with van der Waals surface area (Å²) >= 11 is 0. The fraction of sp³-hybridized carbons (Fsp3) is 0.850. The molecule has 0 saturated carbocycles. The van der Waals surface area contributed by atoms with Crippen molar-refractivity contribution in [2.45, 2.75) is 96.8 Å². The molecule has 0 aliphatic rings. The van der Waals surface area contributed by atoms with Crippen LogP contribution in [0.4, 0.5) is 0 Å². The number of hydrogen-bond acceptors (Lipinski definition) is 4. The molecule has 0 saturated heterocycles. The van der Waals surface area contributed by atoms with Crippen molar-refractivity contribution in [1.82, 2.24) is 0 Å². The van der Waals surface area contributed by atoms with Gasteiger partial charge in [0, 0.05) is 6.42 Å². The van der Waals surface area contributed by atoms with Gasteiger partial charge in [0.25, 0.3) is 10.1 Å². The average molecular weight is 414 g/mol. The smallest absolute Gasteiger partial charge is 0.464 e. The van der Waals surface area contributed by atoms with Crippen LogP contribution in [0.15, 0.2) is 12.2 Å². The Kier molecular flexibility index (Phi) is 22.6. The average Bonchev–Trinajstić information content (AvgIpc) is 2.57. The van der Waals surface area contributed by atoms with Crippen LogP contribution in [0, 0.1) is 0 Å². The molecule has 154 valence electrons. The third-order valence-corrected chi connectivity index (χ3v) is 4.93. The maximum absolute atomic E-state index is 11.4. The molecule has 0 bridgehead atoms. The summed E-state index contributed by atoms with van der Waals surface area (Å²) in [6.45, 7) is 1.97. The molecular formula is C20H38NaO5S+. The minimum absolute atomic E-state index is 0. The third-order valence-electron chi connectivity index (χ3n) is 4.25. The zero-order valence-electron chi connectivity index (χ0n) is 17.5. The zero-order valence-corrected chi connectivity index (χ0v) is 20.3. The number of carbonyl (C=O) groups is 1. The molecule has 0 rings (SSSR count). The fourth-order valence-corrected chi connectivity index (χ4v) is 2.97. The van der Waals surface area contributed by atoms with Gasteiger partial charge in [0.2, 0.25) is 0 Å². The summed E-state index contributed by atoms with van der Waals surface area (Å²) in [7, 11) is -4.05. The summed E-state index contributed by atoms with van der Waals surface area (Å²) in [4.78, 5) is 11.4. The van der Waals surface area contributed by atoms with Gasteiger partial charge in [-0.3, -0.25) is 9.35 Å². The van der Waals surface area contributed by atoms with E-state index in [4.69, 9.17) is 9.29 Å². The number of esters is 1. The molecular weight excluding hydrogens is 375 g/mol. The minimum atomic E-state index is -4.05. The van der Waals surface area contributed by atoms with Gasteiger partial charge in [0.1, 0.15) is 12.4 Å². The van der Waals surface area contributed by atoms with Crippen molar-refractivity contribution >= 4 is 16.1 Å². The molecule has 0 spiro atoms. The topological polar surface area (TPSA) is 80.7 Å². The number of ether oxygens (including phenoxy) is 1. The van der Waals surface area contributed by atoms with Crippen LogP contribution in [0.1, 0.15) is 96.8 Å². The SMILES string of the molecule is CCCCCCCC/C=C\CCCCCCCC(=O)OCCS(=O)(=O)O.[Na+]. The summed E-state index contributed by atoms with van der Waals surface area (Å²) in [6.07, 6.45) is 20.5. The molecule has 0 aromatic carbocycles. The first kappa shape index (κ1) is 29.3. The Morgan fingerprint density at radius 3 is 1.85 bits per heavy atom. The Bertz CT molecular complexity index is 463. The molecule has 0 aromatic rings. The van der Waals surface area contributed by atoms with Gasteiger partial charge in [-0.1, -0.05) is 70.4 Å². The van der Waals surface area contributed by atoms with Crippen LogP contribution in [-0.4, -0.2) is 31.3 Å². The largest absolute Gasteiger partial charge is 1.00 e. The van der Waals surface area contributed by atoms with Crippen LogP contribution in [0.5, 0.6) is 0 Å². The van der Waals surface area contributed by atoms with Crippen molar-refractivity contribution in [3.63, 3.8) is 0 Å². The van der Waals surface area contributed by atoms with Gasteiger partial charge in [-0.2, -0.15) is 8.42 Å². The quantitative estimate of drug-likeness (QED) is 0.123. The summed E-state index contributed by atoms with van der Waals surface area (Å²) in [6, 6.07) is 0. The summed E-state index contributed by atoms with van der Waals surface area (Å²) in [5, 5.41) is 0. The van der Waals surface area contributed by atoms with Gasteiger partial charge < -0.3 is 4.74 Å². The van der Waals surface area contributed by atoms with Crippen molar-refractivity contribution in [2.75, 3.05) is 12.4 Å². The molecule has 0 aliphatic heterocycles. The molecule has 0 heterocycles. The first-order valence-electron chi connectivity index (χ1n) is 10.2. The Labute approximate surface area is 188 Å². The molecule has 27 heavy (non-hydrogen) atoms. The first-order valence-corrected chi connectivity index (χ1v) is 11.8. The van der Waals surface area contributed by atoms with E-state index in [1.54, 1.807) is 0 Å². The maximum atomic E-state index is 11.4. The Morgan fingerprint density at radius 2 is 1.33 bits per heavy atom. The van der Waals surface area contributed by atoms with Crippen LogP contribution in [0.25, 0.3) is 0 Å². The predicted octanol–water partition coefficient (Wildman–Crippen LogP) is 2.46. The second-order valence-corrected chi connectivity index (χ2v) is 8.41. The standard InChI is InChI=1S/C20H38O5S.Na/c1-2-3-4-5-6-7-8-9-10-11-12-13-14-15-16-17-20(21)25-18-19-26(22,23)24;/h9-10H,2-8,11-19H2,1H3,(H,22,23,24);/q;+1/b10-9-;. The summed E-state index contributed by atoms with van der Waals surface area (Å²) < 4.78 is 34.2. The molecule has 0 atom stereocenters. The van der Waals surface area contributed by atoms with Crippen LogP contribution in [0.2, 0.25) is 0 Å². The van der Waals surface area contributed by atoms with E-state index in [1.165, 1.54) is 57.8 Å². The molecule has 0 fully saturated rings. The summed E-state index contributed by atoms with van der Waals surface area (Å²) in [5.74, 6) is -0.934. The third kappa shape index (κ3) is 26.1. The van der Waals surface area contributed by atoms with Crippen LogP contribution >= 0.6 is 0 Å².